The zero-order valence-corrected chi connectivity index (χ0v) is 14.6. The van der Waals surface area contributed by atoms with Crippen molar-refractivity contribution < 1.29 is 27.5 Å². The molecular formula is C15H12Cl2F3N3O3. The molecular weight excluding hydrogens is 398 g/mol. The van der Waals surface area contributed by atoms with E-state index in [4.69, 9.17) is 27.9 Å². The van der Waals surface area contributed by atoms with Crippen molar-refractivity contribution in [2.24, 2.45) is 5.10 Å². The number of hydrazone groups is 1. The Morgan fingerprint density at radius 3 is 2.46 bits per heavy atom. The predicted octanol–water partition coefficient (Wildman–Crippen LogP) is 3.68. The normalized spacial score (nSPS) is 15.0. The second kappa shape index (κ2) is 7.96. The van der Waals surface area contributed by atoms with Gasteiger partial charge in [0.2, 0.25) is 0 Å². The van der Waals surface area contributed by atoms with Gasteiger partial charge in [0.25, 0.3) is 5.91 Å². The van der Waals surface area contributed by atoms with Crippen LogP contribution < -0.4 is 0 Å². The molecule has 6 nitrogen and oxygen atoms in total. The quantitative estimate of drug-likeness (QED) is 0.712. The Hall–Kier alpha value is -2.26. The van der Waals surface area contributed by atoms with Gasteiger partial charge in [-0.1, -0.05) is 35.9 Å². The van der Waals surface area contributed by atoms with E-state index >= 15 is 0 Å². The number of carbonyl (C=O) groups is 2. The molecule has 0 bridgehead atoms. The summed E-state index contributed by atoms with van der Waals surface area (Å²) in [5.41, 5.74) is 0.151. The molecule has 140 valence electrons. The molecule has 0 aliphatic carbocycles. The maximum atomic E-state index is 12.7. The van der Waals surface area contributed by atoms with E-state index in [1.807, 2.05) is 0 Å². The fourth-order valence-corrected chi connectivity index (χ4v) is 2.59. The lowest BCUT2D eigenvalue weighted by Gasteiger charge is -2.31. The maximum Gasteiger partial charge on any atom is 0.416 e. The van der Waals surface area contributed by atoms with Crippen molar-refractivity contribution >= 4 is 41.0 Å². The summed E-state index contributed by atoms with van der Waals surface area (Å²) in [6.07, 6.45) is -4.34. The van der Waals surface area contributed by atoms with Crippen LogP contribution in [0.4, 0.5) is 18.0 Å². The largest absolute Gasteiger partial charge is 0.445 e. The molecule has 1 aliphatic heterocycles. The molecule has 2 amide bonds. The first-order chi connectivity index (χ1) is 12.1. The van der Waals surface area contributed by atoms with Gasteiger partial charge in [0.1, 0.15) is 19.7 Å². The summed E-state index contributed by atoms with van der Waals surface area (Å²) in [5.74, 6) is -1.26. The van der Waals surface area contributed by atoms with Crippen molar-refractivity contribution in [3.63, 3.8) is 0 Å². The third-order valence-electron chi connectivity index (χ3n) is 3.05. The second-order valence-corrected chi connectivity index (χ2v) is 5.97. The molecule has 1 aromatic rings. The predicted molar refractivity (Wildman–Crippen MR) is 89.0 cm³/mol. The van der Waals surface area contributed by atoms with E-state index in [1.54, 1.807) is 0 Å². The zero-order chi connectivity index (χ0) is 19.5. The van der Waals surface area contributed by atoms with Gasteiger partial charge in [-0.3, -0.25) is 9.69 Å². The standard InChI is InChI=1S/C15H12Cl2F3N3O3/c1-2-3-26-14(25)22-7-12(24)23(8-15(18,19)20)21-13(22)9-4-10(16)6-11(17)5-9/h2,4-6H,1,3,7-8H2. The molecule has 0 unspecified atom stereocenters. The number of nitrogens with zero attached hydrogens (tertiary/aromatic N) is 3. The van der Waals surface area contributed by atoms with Gasteiger partial charge in [-0.2, -0.15) is 18.3 Å². The molecule has 1 aromatic carbocycles. The average Bonchev–Trinajstić information content (AvgIpc) is 2.52. The zero-order valence-electron chi connectivity index (χ0n) is 13.1. The Labute approximate surface area is 156 Å². The number of hydrogen-bond acceptors (Lipinski definition) is 4. The summed E-state index contributed by atoms with van der Waals surface area (Å²) in [6, 6.07) is 4.10. The van der Waals surface area contributed by atoms with Crippen LogP contribution >= 0.6 is 23.2 Å². The molecule has 0 atom stereocenters. The molecule has 0 radical (unpaired) electrons. The summed E-state index contributed by atoms with van der Waals surface area (Å²) in [6.45, 7) is 0.947. The van der Waals surface area contributed by atoms with Crippen LogP contribution in [-0.2, 0) is 9.53 Å². The lowest BCUT2D eigenvalue weighted by Crippen LogP contribution is -2.52. The van der Waals surface area contributed by atoms with Gasteiger partial charge < -0.3 is 4.74 Å². The average molecular weight is 410 g/mol. The molecule has 0 saturated carbocycles. The highest BCUT2D eigenvalue weighted by Gasteiger charge is 2.39. The summed E-state index contributed by atoms with van der Waals surface area (Å²) in [5, 5.41) is 4.26. The highest BCUT2D eigenvalue weighted by atomic mass is 35.5. The summed E-state index contributed by atoms with van der Waals surface area (Å²) < 4.78 is 42.9. The Morgan fingerprint density at radius 2 is 1.92 bits per heavy atom. The van der Waals surface area contributed by atoms with Crippen LogP contribution in [0, 0.1) is 0 Å². The Morgan fingerprint density at radius 1 is 1.31 bits per heavy atom. The molecule has 0 spiro atoms. The SMILES string of the molecule is C=CCOC(=O)N1CC(=O)N(CC(F)(F)F)N=C1c1cc(Cl)cc(Cl)c1. The van der Waals surface area contributed by atoms with Crippen molar-refractivity contribution in [2.45, 2.75) is 6.18 Å². The van der Waals surface area contributed by atoms with Crippen LogP contribution in [0.1, 0.15) is 5.56 Å². The van der Waals surface area contributed by atoms with Crippen molar-refractivity contribution in [3.05, 3.63) is 46.5 Å². The molecule has 11 heteroatoms. The van der Waals surface area contributed by atoms with Gasteiger partial charge in [0.15, 0.2) is 5.84 Å². The molecule has 0 aromatic heterocycles. The Balaban J connectivity index is 2.47. The molecule has 26 heavy (non-hydrogen) atoms. The van der Waals surface area contributed by atoms with E-state index in [-0.39, 0.29) is 33.1 Å². The van der Waals surface area contributed by atoms with E-state index in [1.165, 1.54) is 24.3 Å². The van der Waals surface area contributed by atoms with Crippen molar-refractivity contribution in [3.8, 4) is 0 Å². The second-order valence-electron chi connectivity index (χ2n) is 5.10. The van der Waals surface area contributed by atoms with Gasteiger partial charge in [-0.15, -0.1) is 0 Å². The highest BCUT2D eigenvalue weighted by molar-refractivity contribution is 6.35. The van der Waals surface area contributed by atoms with E-state index < -0.39 is 31.3 Å². The van der Waals surface area contributed by atoms with Gasteiger partial charge in [0, 0.05) is 15.6 Å². The Kier molecular flexibility index (Phi) is 6.14. The van der Waals surface area contributed by atoms with Gasteiger partial charge in [0.05, 0.1) is 0 Å². The van der Waals surface area contributed by atoms with Gasteiger partial charge in [-0.05, 0) is 18.2 Å². The molecule has 0 N–H and O–H groups in total. The summed E-state index contributed by atoms with van der Waals surface area (Å²) >= 11 is 11.8. The number of alkyl halides is 3. The van der Waals surface area contributed by atoms with Crippen LogP contribution in [-0.4, -0.2) is 53.6 Å². The molecule has 2 rings (SSSR count). The summed E-state index contributed by atoms with van der Waals surface area (Å²) in [7, 11) is 0. The lowest BCUT2D eigenvalue weighted by molar-refractivity contribution is -0.162. The molecule has 1 heterocycles. The van der Waals surface area contributed by atoms with Gasteiger partial charge >= 0.3 is 12.3 Å². The minimum atomic E-state index is -4.66. The number of rotatable bonds is 4. The van der Waals surface area contributed by atoms with E-state index in [9.17, 15) is 22.8 Å². The maximum absolute atomic E-state index is 12.7. The minimum absolute atomic E-state index is 0.151. The summed E-state index contributed by atoms with van der Waals surface area (Å²) in [4.78, 5) is 24.9. The fraction of sp³-hybridized carbons (Fsp3) is 0.267. The number of carbonyl (C=O) groups excluding carboxylic acids is 2. The first-order valence-electron chi connectivity index (χ1n) is 7.08. The Bertz CT molecular complexity index is 748. The smallest absolute Gasteiger partial charge is 0.416 e. The van der Waals surface area contributed by atoms with E-state index in [0.717, 1.165) is 4.90 Å². The number of ether oxygens (including phenoxy) is 1. The van der Waals surface area contributed by atoms with Crippen LogP contribution in [0.5, 0.6) is 0 Å². The molecule has 0 saturated heterocycles. The van der Waals surface area contributed by atoms with Crippen molar-refractivity contribution in [1.29, 1.82) is 0 Å². The third kappa shape index (κ3) is 5.12. The lowest BCUT2D eigenvalue weighted by atomic mass is 10.2. The number of halogens is 5. The van der Waals surface area contributed by atoms with Crippen LogP contribution in [0.2, 0.25) is 10.0 Å². The van der Waals surface area contributed by atoms with Crippen LogP contribution in [0.3, 0.4) is 0 Å². The number of hydrogen-bond donors (Lipinski definition) is 0. The van der Waals surface area contributed by atoms with Crippen molar-refractivity contribution in [2.75, 3.05) is 19.7 Å². The van der Waals surface area contributed by atoms with Crippen LogP contribution in [0.15, 0.2) is 36.0 Å². The topological polar surface area (TPSA) is 62.2 Å². The third-order valence-corrected chi connectivity index (χ3v) is 3.48. The fourth-order valence-electron chi connectivity index (χ4n) is 2.06. The van der Waals surface area contributed by atoms with E-state index in [2.05, 4.69) is 11.7 Å². The number of amidine groups is 1. The van der Waals surface area contributed by atoms with E-state index in [0.29, 0.717) is 0 Å². The monoisotopic (exact) mass is 409 g/mol. The van der Waals surface area contributed by atoms with Crippen molar-refractivity contribution in [1.82, 2.24) is 9.91 Å². The number of amides is 2. The first-order valence-corrected chi connectivity index (χ1v) is 7.83. The first kappa shape index (κ1) is 20.1. The molecule has 0 fully saturated rings. The number of benzene rings is 1. The minimum Gasteiger partial charge on any atom is -0.445 e. The molecule has 1 aliphatic rings. The highest BCUT2D eigenvalue weighted by Crippen LogP contribution is 2.24. The van der Waals surface area contributed by atoms with Gasteiger partial charge in [-0.25, -0.2) is 9.80 Å². The van der Waals surface area contributed by atoms with Crippen LogP contribution in [0.25, 0.3) is 0 Å².